The van der Waals surface area contributed by atoms with Crippen molar-refractivity contribution in [2.75, 3.05) is 0 Å². The zero-order valence-electron chi connectivity index (χ0n) is 15.9. The molecule has 1 saturated heterocycles. The maximum Gasteiger partial charge on any atom is 0.276 e. The Morgan fingerprint density at radius 3 is 2.57 bits per heavy atom. The largest absolute Gasteiger partial charge is 0.483 e. The molecule has 1 aromatic carbocycles. The number of furan rings is 1. The van der Waals surface area contributed by atoms with Crippen LogP contribution in [0.15, 0.2) is 34.4 Å². The minimum Gasteiger partial charge on any atom is -0.483 e. The van der Waals surface area contributed by atoms with Gasteiger partial charge in [0.25, 0.3) is 5.91 Å². The van der Waals surface area contributed by atoms with Crippen LogP contribution in [0.25, 0.3) is 6.08 Å². The fourth-order valence-electron chi connectivity index (χ4n) is 3.72. The summed E-state index contributed by atoms with van der Waals surface area (Å²) in [4.78, 5) is 14.5. The van der Waals surface area contributed by atoms with Gasteiger partial charge in [0.15, 0.2) is 10.9 Å². The van der Waals surface area contributed by atoms with Gasteiger partial charge in [-0.2, -0.15) is 0 Å². The van der Waals surface area contributed by atoms with Crippen LogP contribution < -0.4 is 10.1 Å². The summed E-state index contributed by atoms with van der Waals surface area (Å²) >= 11 is 23.6. The number of thiocarbonyl (C=S) groups is 1. The van der Waals surface area contributed by atoms with Gasteiger partial charge in [-0.05, 0) is 49.3 Å². The number of rotatable bonds is 5. The maximum absolute atomic E-state index is 12.8. The van der Waals surface area contributed by atoms with Gasteiger partial charge >= 0.3 is 0 Å². The molecule has 4 rings (SSSR count). The number of carbonyl (C=O) groups is 1. The van der Waals surface area contributed by atoms with Crippen molar-refractivity contribution >= 4 is 64.1 Å². The van der Waals surface area contributed by atoms with Gasteiger partial charge < -0.3 is 14.5 Å². The topological polar surface area (TPSA) is 54.7 Å². The molecular formula is C21H19Cl3N2O3S. The number of hydrogen-bond donors (Lipinski definition) is 1. The Labute approximate surface area is 194 Å². The molecule has 5 nitrogen and oxygen atoms in total. The third-order valence-corrected chi connectivity index (χ3v) is 6.22. The van der Waals surface area contributed by atoms with Crippen molar-refractivity contribution in [1.82, 2.24) is 10.2 Å². The van der Waals surface area contributed by atoms with E-state index in [1.807, 2.05) is 0 Å². The van der Waals surface area contributed by atoms with Crippen LogP contribution in [0.3, 0.4) is 0 Å². The van der Waals surface area contributed by atoms with E-state index in [9.17, 15) is 4.79 Å². The molecule has 30 heavy (non-hydrogen) atoms. The Kier molecular flexibility index (Phi) is 6.58. The summed E-state index contributed by atoms with van der Waals surface area (Å²) in [5.41, 5.74) is 0.413. The van der Waals surface area contributed by atoms with Crippen LogP contribution in [0.1, 0.15) is 43.6 Å². The highest BCUT2D eigenvalue weighted by Crippen LogP contribution is 2.36. The lowest BCUT2D eigenvalue weighted by Crippen LogP contribution is -2.41. The van der Waals surface area contributed by atoms with Crippen LogP contribution in [-0.2, 0) is 11.4 Å². The van der Waals surface area contributed by atoms with Crippen LogP contribution in [-0.4, -0.2) is 22.0 Å². The van der Waals surface area contributed by atoms with Gasteiger partial charge in [-0.25, -0.2) is 0 Å². The van der Waals surface area contributed by atoms with Crippen molar-refractivity contribution in [3.8, 4) is 5.75 Å². The summed E-state index contributed by atoms with van der Waals surface area (Å²) in [5.74, 6) is 1.30. The van der Waals surface area contributed by atoms with E-state index >= 15 is 0 Å². The number of carbonyl (C=O) groups excluding carboxylic acids is 1. The fourth-order valence-corrected chi connectivity index (χ4v) is 4.99. The Morgan fingerprint density at radius 1 is 1.17 bits per heavy atom. The molecule has 2 aromatic rings. The first kappa shape index (κ1) is 21.5. The van der Waals surface area contributed by atoms with Gasteiger partial charge in [0, 0.05) is 17.1 Å². The van der Waals surface area contributed by atoms with Crippen molar-refractivity contribution < 1.29 is 13.9 Å². The summed E-state index contributed by atoms with van der Waals surface area (Å²) in [6, 6.07) is 6.81. The summed E-state index contributed by atoms with van der Waals surface area (Å²) < 4.78 is 11.4. The lowest BCUT2D eigenvalue weighted by molar-refractivity contribution is -0.124. The molecule has 0 spiro atoms. The second-order valence-electron chi connectivity index (χ2n) is 7.25. The highest BCUT2D eigenvalue weighted by atomic mass is 35.5. The van der Waals surface area contributed by atoms with E-state index in [4.69, 9.17) is 56.2 Å². The molecular weight excluding hydrogens is 467 g/mol. The van der Waals surface area contributed by atoms with E-state index in [1.54, 1.807) is 35.2 Å². The molecule has 1 N–H and O–H groups in total. The molecule has 2 aliphatic rings. The molecule has 0 atom stereocenters. The standard InChI is InChI=1S/C21H19Cl3N2O3S/c22-12-8-16(23)19(17(24)9-12)28-11-15-7-6-14(29-15)10-18-20(27)26(21(30)25-18)13-4-2-1-3-5-13/h6-10,13H,1-5,11H2,(H,25,30)/b18-10+. The zero-order valence-corrected chi connectivity index (χ0v) is 19.0. The van der Waals surface area contributed by atoms with Crippen molar-refractivity contribution in [3.63, 3.8) is 0 Å². The van der Waals surface area contributed by atoms with E-state index in [0.717, 1.165) is 25.7 Å². The van der Waals surface area contributed by atoms with Gasteiger partial charge in [-0.1, -0.05) is 54.1 Å². The predicted molar refractivity (Wildman–Crippen MR) is 122 cm³/mol. The van der Waals surface area contributed by atoms with Crippen LogP contribution in [0, 0.1) is 0 Å². The highest BCUT2D eigenvalue weighted by Gasteiger charge is 2.36. The second-order valence-corrected chi connectivity index (χ2v) is 8.88. The number of nitrogens with zero attached hydrogens (tertiary/aromatic N) is 1. The van der Waals surface area contributed by atoms with Crippen LogP contribution >= 0.6 is 47.0 Å². The number of benzene rings is 1. The molecule has 1 aliphatic carbocycles. The van der Waals surface area contributed by atoms with Crippen LogP contribution in [0.2, 0.25) is 15.1 Å². The molecule has 1 aliphatic heterocycles. The van der Waals surface area contributed by atoms with Gasteiger partial charge in [-0.3, -0.25) is 9.69 Å². The average molecular weight is 486 g/mol. The molecule has 1 saturated carbocycles. The molecule has 0 unspecified atom stereocenters. The monoisotopic (exact) mass is 484 g/mol. The van der Waals surface area contributed by atoms with Crippen LogP contribution in [0.4, 0.5) is 0 Å². The average Bonchev–Trinajstić information content (AvgIpc) is 3.25. The second kappa shape index (κ2) is 9.18. The molecule has 1 amide bonds. The van der Waals surface area contributed by atoms with Crippen LogP contribution in [0.5, 0.6) is 5.75 Å². The Balaban J connectivity index is 1.43. The van der Waals surface area contributed by atoms with Crippen molar-refractivity contribution in [3.05, 3.63) is 56.6 Å². The van der Waals surface area contributed by atoms with Gasteiger partial charge in [-0.15, -0.1) is 0 Å². The molecule has 9 heteroatoms. The highest BCUT2D eigenvalue weighted by molar-refractivity contribution is 7.80. The van der Waals surface area contributed by atoms with E-state index < -0.39 is 0 Å². The SMILES string of the molecule is O=C1/C(=C\c2ccc(COc3c(Cl)cc(Cl)cc3Cl)o2)NC(=S)N1C1CCCCC1. The predicted octanol–water partition coefficient (Wildman–Crippen LogP) is 6.21. The van der Waals surface area contributed by atoms with E-state index in [-0.39, 0.29) is 18.6 Å². The quantitative estimate of drug-likeness (QED) is 0.403. The van der Waals surface area contributed by atoms with Crippen molar-refractivity contribution in [2.45, 2.75) is 44.8 Å². The Hall–Kier alpha value is -1.73. The first-order valence-corrected chi connectivity index (χ1v) is 11.2. The third-order valence-electron chi connectivity index (χ3n) is 5.14. The number of nitrogens with one attached hydrogen (secondary N) is 1. The summed E-state index contributed by atoms with van der Waals surface area (Å²) in [6.45, 7) is 0.123. The molecule has 1 aromatic heterocycles. The van der Waals surface area contributed by atoms with Gasteiger partial charge in [0.1, 0.15) is 23.8 Å². The molecule has 2 fully saturated rings. The summed E-state index contributed by atoms with van der Waals surface area (Å²) in [7, 11) is 0. The summed E-state index contributed by atoms with van der Waals surface area (Å²) in [5, 5.41) is 4.54. The molecule has 158 valence electrons. The zero-order chi connectivity index (χ0) is 21.3. The molecule has 2 heterocycles. The number of hydrogen-bond acceptors (Lipinski definition) is 4. The van der Waals surface area contributed by atoms with Crippen molar-refractivity contribution in [2.24, 2.45) is 0 Å². The van der Waals surface area contributed by atoms with E-state index in [1.165, 1.54) is 6.42 Å². The fraction of sp³-hybridized carbons (Fsp3) is 0.333. The summed E-state index contributed by atoms with van der Waals surface area (Å²) in [6.07, 6.45) is 7.09. The smallest absolute Gasteiger partial charge is 0.276 e. The van der Waals surface area contributed by atoms with Crippen molar-refractivity contribution in [1.29, 1.82) is 0 Å². The minimum atomic E-state index is -0.110. The van der Waals surface area contributed by atoms with Gasteiger partial charge in [0.2, 0.25) is 0 Å². The Morgan fingerprint density at radius 2 is 1.87 bits per heavy atom. The minimum absolute atomic E-state index is 0.110. The third kappa shape index (κ3) is 4.62. The molecule has 0 radical (unpaired) electrons. The lowest BCUT2D eigenvalue weighted by Gasteiger charge is -2.29. The van der Waals surface area contributed by atoms with Gasteiger partial charge in [0.05, 0.1) is 10.0 Å². The number of ether oxygens (including phenoxy) is 1. The normalized spacial score (nSPS) is 18.9. The number of amides is 1. The van der Waals surface area contributed by atoms with E-state index in [2.05, 4.69) is 5.32 Å². The first-order valence-electron chi connectivity index (χ1n) is 9.64. The van der Waals surface area contributed by atoms with E-state index in [0.29, 0.717) is 43.1 Å². The number of halogens is 3. The Bertz CT molecular complexity index is 992. The lowest BCUT2D eigenvalue weighted by atomic mass is 9.94. The maximum atomic E-state index is 12.8. The molecule has 0 bridgehead atoms. The first-order chi connectivity index (χ1) is 14.4.